The first-order valence-electron chi connectivity index (χ1n) is 6.51. The van der Waals surface area contributed by atoms with Crippen molar-refractivity contribution in [3.63, 3.8) is 0 Å². The van der Waals surface area contributed by atoms with Crippen LogP contribution >= 0.6 is 0 Å². The van der Waals surface area contributed by atoms with Gasteiger partial charge in [0.05, 0.1) is 11.4 Å². The Labute approximate surface area is 106 Å². The van der Waals surface area contributed by atoms with Gasteiger partial charge in [0.2, 0.25) is 0 Å². The van der Waals surface area contributed by atoms with Crippen LogP contribution < -0.4 is 5.32 Å². The molecule has 18 heavy (non-hydrogen) atoms. The van der Waals surface area contributed by atoms with Crippen molar-refractivity contribution in [2.75, 3.05) is 11.9 Å². The minimum Gasteiger partial charge on any atom is -0.383 e. The van der Waals surface area contributed by atoms with Gasteiger partial charge >= 0.3 is 0 Å². The molecule has 0 unspecified atom stereocenters. The fourth-order valence-electron chi connectivity index (χ4n) is 2.54. The summed E-state index contributed by atoms with van der Waals surface area (Å²) in [5.41, 5.74) is 1.65. The Morgan fingerprint density at radius 1 is 1.44 bits per heavy atom. The summed E-state index contributed by atoms with van der Waals surface area (Å²) >= 11 is 0. The third-order valence-electron chi connectivity index (χ3n) is 3.91. The molecule has 0 atom stereocenters. The molecule has 1 aliphatic heterocycles. The first-order chi connectivity index (χ1) is 8.38. The number of anilines is 1. The highest BCUT2D eigenvalue weighted by molar-refractivity contribution is 5.58. The molecular formula is C14H18F2N2. The van der Waals surface area contributed by atoms with E-state index in [0.717, 1.165) is 30.8 Å². The maximum absolute atomic E-state index is 14.0. The molecule has 4 heteroatoms. The van der Waals surface area contributed by atoms with Gasteiger partial charge in [-0.2, -0.15) is 0 Å². The van der Waals surface area contributed by atoms with Crippen molar-refractivity contribution in [2.24, 2.45) is 5.92 Å². The van der Waals surface area contributed by atoms with Crippen molar-refractivity contribution in [3.8, 4) is 0 Å². The van der Waals surface area contributed by atoms with Gasteiger partial charge in [0.1, 0.15) is 0 Å². The van der Waals surface area contributed by atoms with Crippen molar-refractivity contribution in [2.45, 2.75) is 44.4 Å². The van der Waals surface area contributed by atoms with Crippen LogP contribution in [0.4, 0.5) is 14.5 Å². The minimum absolute atomic E-state index is 0.0309. The molecule has 0 aromatic carbocycles. The minimum atomic E-state index is -2.74. The lowest BCUT2D eigenvalue weighted by Crippen LogP contribution is -2.20. The standard InChI is InChI=1S/C14H18F2N2/c1-13(2)8-18-11-5-10(7-17-12(11)13)14(15,16)6-9-3-4-9/h5,7,9,18H,3-4,6,8H2,1-2H3. The second-order valence-corrected chi connectivity index (χ2v) is 6.21. The molecule has 3 rings (SSSR count). The van der Waals surface area contributed by atoms with E-state index in [0.29, 0.717) is 0 Å². The van der Waals surface area contributed by atoms with Crippen molar-refractivity contribution in [3.05, 3.63) is 23.5 Å². The van der Waals surface area contributed by atoms with Gasteiger partial charge in [0, 0.05) is 30.1 Å². The highest BCUT2D eigenvalue weighted by atomic mass is 19.3. The summed E-state index contributed by atoms with van der Waals surface area (Å²) in [5, 5.41) is 3.18. The van der Waals surface area contributed by atoms with Crippen LogP contribution in [0, 0.1) is 5.92 Å². The van der Waals surface area contributed by atoms with E-state index < -0.39 is 5.92 Å². The van der Waals surface area contributed by atoms with Crippen LogP contribution in [-0.2, 0) is 11.3 Å². The Bertz CT molecular complexity index is 479. The van der Waals surface area contributed by atoms with E-state index in [1.54, 1.807) is 6.07 Å². The van der Waals surface area contributed by atoms with Gasteiger partial charge in [-0.25, -0.2) is 8.78 Å². The number of halogens is 2. The topological polar surface area (TPSA) is 24.9 Å². The molecule has 1 aromatic rings. The van der Waals surface area contributed by atoms with Crippen molar-refractivity contribution in [1.82, 2.24) is 4.98 Å². The smallest absolute Gasteiger partial charge is 0.275 e. The summed E-state index contributed by atoms with van der Waals surface area (Å²) in [7, 11) is 0. The summed E-state index contributed by atoms with van der Waals surface area (Å²) < 4.78 is 28.1. The Hall–Kier alpha value is -1.19. The Balaban J connectivity index is 1.90. The Morgan fingerprint density at radius 2 is 2.17 bits per heavy atom. The highest BCUT2D eigenvalue weighted by Crippen LogP contribution is 2.45. The second kappa shape index (κ2) is 3.65. The van der Waals surface area contributed by atoms with Crippen LogP contribution in [0.5, 0.6) is 0 Å². The normalized spacial score (nSPS) is 21.6. The van der Waals surface area contributed by atoms with Gasteiger partial charge < -0.3 is 5.32 Å². The summed E-state index contributed by atoms with van der Waals surface area (Å²) in [5.74, 6) is -2.53. The lowest BCUT2D eigenvalue weighted by molar-refractivity contribution is -0.0191. The average Bonchev–Trinajstić information content (AvgIpc) is 3.03. The maximum atomic E-state index is 14.0. The zero-order valence-electron chi connectivity index (χ0n) is 10.8. The van der Waals surface area contributed by atoms with Crippen LogP contribution in [0.25, 0.3) is 0 Å². The van der Waals surface area contributed by atoms with E-state index in [4.69, 9.17) is 0 Å². The number of pyridine rings is 1. The number of hydrogen-bond donors (Lipinski definition) is 1. The number of fused-ring (bicyclic) bond motifs is 1. The number of rotatable bonds is 3. The molecular weight excluding hydrogens is 234 g/mol. The van der Waals surface area contributed by atoms with Gasteiger partial charge in [0.15, 0.2) is 0 Å². The second-order valence-electron chi connectivity index (χ2n) is 6.21. The molecule has 1 saturated carbocycles. The number of alkyl halides is 2. The summed E-state index contributed by atoms with van der Waals surface area (Å²) in [4.78, 5) is 4.26. The van der Waals surface area contributed by atoms with Crippen LogP contribution in [0.2, 0.25) is 0 Å². The van der Waals surface area contributed by atoms with Gasteiger partial charge in [-0.05, 0) is 24.8 Å². The fraction of sp³-hybridized carbons (Fsp3) is 0.643. The van der Waals surface area contributed by atoms with Gasteiger partial charge in [-0.3, -0.25) is 4.98 Å². The van der Waals surface area contributed by atoms with Gasteiger partial charge in [0.25, 0.3) is 5.92 Å². The van der Waals surface area contributed by atoms with E-state index >= 15 is 0 Å². The number of hydrogen-bond acceptors (Lipinski definition) is 2. The highest BCUT2D eigenvalue weighted by Gasteiger charge is 2.40. The van der Waals surface area contributed by atoms with Crippen LogP contribution in [-0.4, -0.2) is 11.5 Å². The molecule has 1 aliphatic carbocycles. The quantitative estimate of drug-likeness (QED) is 0.887. The average molecular weight is 252 g/mol. The molecule has 2 aliphatic rings. The molecule has 0 amide bonds. The van der Waals surface area contributed by atoms with Crippen molar-refractivity contribution in [1.29, 1.82) is 0 Å². The van der Waals surface area contributed by atoms with Crippen LogP contribution in [0.15, 0.2) is 12.3 Å². The third kappa shape index (κ3) is 1.98. The van der Waals surface area contributed by atoms with E-state index in [2.05, 4.69) is 24.1 Å². The van der Waals surface area contributed by atoms with E-state index in [9.17, 15) is 8.78 Å². The molecule has 0 saturated heterocycles. The molecule has 0 bridgehead atoms. The molecule has 0 radical (unpaired) electrons. The molecule has 1 aromatic heterocycles. The van der Waals surface area contributed by atoms with Crippen LogP contribution in [0.1, 0.15) is 44.4 Å². The summed E-state index contributed by atoms with van der Waals surface area (Å²) in [6.07, 6.45) is 3.21. The van der Waals surface area contributed by atoms with Crippen LogP contribution in [0.3, 0.4) is 0 Å². The lowest BCUT2D eigenvalue weighted by atomic mass is 9.91. The van der Waals surface area contributed by atoms with Gasteiger partial charge in [-0.15, -0.1) is 0 Å². The zero-order chi connectivity index (χ0) is 13.0. The summed E-state index contributed by atoms with van der Waals surface area (Å²) in [6, 6.07) is 1.58. The Kier molecular flexibility index (Phi) is 2.41. The molecule has 1 fully saturated rings. The fourth-order valence-corrected chi connectivity index (χ4v) is 2.54. The third-order valence-corrected chi connectivity index (χ3v) is 3.91. The van der Waals surface area contributed by atoms with E-state index in [-0.39, 0.29) is 23.3 Å². The first-order valence-corrected chi connectivity index (χ1v) is 6.51. The maximum Gasteiger partial charge on any atom is 0.275 e. The van der Waals surface area contributed by atoms with Crippen molar-refractivity contribution < 1.29 is 8.78 Å². The van der Waals surface area contributed by atoms with Gasteiger partial charge in [-0.1, -0.05) is 13.8 Å². The zero-order valence-corrected chi connectivity index (χ0v) is 10.8. The summed E-state index contributed by atoms with van der Waals surface area (Å²) in [6.45, 7) is 4.90. The molecule has 98 valence electrons. The molecule has 2 nitrogen and oxygen atoms in total. The number of nitrogens with one attached hydrogen (secondary N) is 1. The molecule has 1 N–H and O–H groups in total. The van der Waals surface area contributed by atoms with E-state index in [1.807, 2.05) is 0 Å². The lowest BCUT2D eigenvalue weighted by Gasteiger charge is -2.19. The van der Waals surface area contributed by atoms with Crippen molar-refractivity contribution >= 4 is 5.69 Å². The SMILES string of the molecule is CC1(C)CNc2cc(C(F)(F)CC3CC3)cnc21. The predicted molar refractivity (Wildman–Crippen MR) is 67.0 cm³/mol. The molecule has 2 heterocycles. The number of nitrogens with zero attached hydrogens (tertiary/aromatic N) is 1. The first kappa shape index (κ1) is 11.9. The Morgan fingerprint density at radius 3 is 2.83 bits per heavy atom. The van der Waals surface area contributed by atoms with E-state index in [1.165, 1.54) is 6.20 Å². The molecule has 0 spiro atoms. The largest absolute Gasteiger partial charge is 0.383 e. The monoisotopic (exact) mass is 252 g/mol. The predicted octanol–water partition coefficient (Wildman–Crippen LogP) is 3.68. The number of aromatic nitrogens is 1.